The van der Waals surface area contributed by atoms with Gasteiger partial charge in [-0.3, -0.25) is 9.59 Å². The van der Waals surface area contributed by atoms with Crippen LogP contribution in [0.1, 0.15) is 42.6 Å². The van der Waals surface area contributed by atoms with Crippen molar-refractivity contribution in [1.29, 1.82) is 0 Å². The van der Waals surface area contributed by atoms with Gasteiger partial charge in [-0.05, 0) is 49.9 Å². The highest BCUT2D eigenvalue weighted by Gasteiger charge is 2.30. The summed E-state index contributed by atoms with van der Waals surface area (Å²) in [6.07, 6.45) is 3.26. The maximum Gasteiger partial charge on any atom is 0.254 e. The molecule has 1 saturated heterocycles. The van der Waals surface area contributed by atoms with Crippen molar-refractivity contribution in [3.05, 3.63) is 42.0 Å². The van der Waals surface area contributed by atoms with Gasteiger partial charge in [-0.25, -0.2) is 0 Å². The third kappa shape index (κ3) is 4.62. The maximum atomic E-state index is 12.8. The zero-order chi connectivity index (χ0) is 18.6. The van der Waals surface area contributed by atoms with Gasteiger partial charge in [0.25, 0.3) is 5.91 Å². The number of hydrogen-bond donors (Lipinski definition) is 1. The molecule has 2 unspecified atom stereocenters. The second kappa shape index (κ2) is 8.19. The largest absolute Gasteiger partial charge is 0.399 e. The Morgan fingerprint density at radius 2 is 2.08 bits per heavy atom. The molecule has 1 fully saturated rings. The number of nitrogens with two attached hydrogens (primary N) is 1. The van der Waals surface area contributed by atoms with Gasteiger partial charge in [0.2, 0.25) is 5.91 Å². The molecule has 0 saturated carbocycles. The Bertz CT molecular complexity index is 636. The van der Waals surface area contributed by atoms with E-state index >= 15 is 0 Å². The lowest BCUT2D eigenvalue weighted by atomic mass is 10.0. The molecule has 0 aromatic heterocycles. The number of aryl methyl sites for hydroxylation is 1. The molecule has 1 aromatic carbocycles. The first kappa shape index (κ1) is 19.0. The average Bonchev–Trinajstić information content (AvgIpc) is 2.57. The zero-order valence-corrected chi connectivity index (χ0v) is 15.5. The fourth-order valence-electron chi connectivity index (χ4n) is 3.34. The predicted molar refractivity (Wildman–Crippen MR) is 101 cm³/mol. The van der Waals surface area contributed by atoms with E-state index in [1.165, 1.54) is 0 Å². The molecule has 2 amide bonds. The van der Waals surface area contributed by atoms with Gasteiger partial charge in [0.05, 0.1) is 0 Å². The van der Waals surface area contributed by atoms with Crippen molar-refractivity contribution in [1.82, 2.24) is 9.80 Å². The highest BCUT2D eigenvalue weighted by Crippen LogP contribution is 2.19. The Hall–Kier alpha value is -2.30. The van der Waals surface area contributed by atoms with Crippen LogP contribution >= 0.6 is 0 Å². The molecule has 1 heterocycles. The molecule has 1 aliphatic rings. The van der Waals surface area contributed by atoms with Crippen LogP contribution in [0, 0.1) is 12.8 Å². The number of carbonyl (C=O) groups excluding carboxylic acids is 2. The topological polar surface area (TPSA) is 66.6 Å². The van der Waals surface area contributed by atoms with E-state index in [0.717, 1.165) is 12.0 Å². The van der Waals surface area contributed by atoms with E-state index in [2.05, 4.69) is 13.5 Å². The first-order valence-corrected chi connectivity index (χ1v) is 8.94. The van der Waals surface area contributed by atoms with E-state index in [9.17, 15) is 9.59 Å². The highest BCUT2D eigenvalue weighted by molar-refractivity contribution is 5.95. The molecule has 1 aromatic rings. The van der Waals surface area contributed by atoms with Crippen LogP contribution in [0.4, 0.5) is 5.69 Å². The Balaban J connectivity index is 2.02. The van der Waals surface area contributed by atoms with Crippen molar-refractivity contribution in [2.45, 2.75) is 39.7 Å². The minimum absolute atomic E-state index is 0.0178. The number of allylic oxidation sites excluding steroid dienone is 1. The number of amides is 2. The van der Waals surface area contributed by atoms with Crippen LogP contribution in [0.25, 0.3) is 0 Å². The molecule has 136 valence electrons. The van der Waals surface area contributed by atoms with Crippen molar-refractivity contribution in [2.24, 2.45) is 5.92 Å². The lowest BCUT2D eigenvalue weighted by molar-refractivity contribution is -0.134. The van der Waals surface area contributed by atoms with E-state index < -0.39 is 0 Å². The summed E-state index contributed by atoms with van der Waals surface area (Å²) in [4.78, 5) is 29.0. The monoisotopic (exact) mass is 343 g/mol. The summed E-state index contributed by atoms with van der Waals surface area (Å²) in [5, 5.41) is 0. The normalized spacial score (nSPS) is 18.8. The zero-order valence-electron chi connectivity index (χ0n) is 15.5. The molecule has 25 heavy (non-hydrogen) atoms. The van der Waals surface area contributed by atoms with Crippen molar-refractivity contribution in [2.75, 3.05) is 25.4 Å². The van der Waals surface area contributed by atoms with Crippen LogP contribution in [0.3, 0.4) is 0 Å². The van der Waals surface area contributed by atoms with Crippen molar-refractivity contribution >= 4 is 17.5 Å². The van der Waals surface area contributed by atoms with Crippen LogP contribution in [0.15, 0.2) is 30.9 Å². The smallest absolute Gasteiger partial charge is 0.254 e. The summed E-state index contributed by atoms with van der Waals surface area (Å²) in [6, 6.07) is 5.41. The summed E-state index contributed by atoms with van der Waals surface area (Å²) in [6.45, 7) is 11.5. The van der Waals surface area contributed by atoms with Crippen molar-refractivity contribution < 1.29 is 9.59 Å². The van der Waals surface area contributed by atoms with Crippen LogP contribution in [0.5, 0.6) is 0 Å². The Labute approximate surface area is 150 Å². The van der Waals surface area contributed by atoms with Gasteiger partial charge in [0.1, 0.15) is 0 Å². The van der Waals surface area contributed by atoms with E-state index in [1.807, 2.05) is 41.9 Å². The maximum absolute atomic E-state index is 12.8. The lowest BCUT2D eigenvalue weighted by Gasteiger charge is -2.40. The first-order chi connectivity index (χ1) is 11.8. The number of hydrogen-bond acceptors (Lipinski definition) is 3. The van der Waals surface area contributed by atoms with E-state index in [0.29, 0.717) is 37.3 Å². The number of benzene rings is 1. The van der Waals surface area contributed by atoms with Gasteiger partial charge in [0, 0.05) is 43.3 Å². The van der Waals surface area contributed by atoms with Gasteiger partial charge in [-0.15, -0.1) is 6.58 Å². The molecule has 0 bridgehead atoms. The van der Waals surface area contributed by atoms with Gasteiger partial charge < -0.3 is 15.5 Å². The highest BCUT2D eigenvalue weighted by atomic mass is 16.2. The van der Waals surface area contributed by atoms with E-state index in [-0.39, 0.29) is 23.8 Å². The number of nitrogens with zero attached hydrogens (tertiary/aromatic N) is 2. The minimum Gasteiger partial charge on any atom is -0.399 e. The number of rotatable bonds is 5. The molecule has 0 radical (unpaired) electrons. The standard InChI is InChI=1S/C20H29N3O2/c1-5-16(6-2)11-19(24)22-7-8-23(15(4)13-22)20(25)17-9-14(3)10-18(21)12-17/h5,9-10,12,15-16H,1,6-8,11,13,21H2,2-4H3. The molecule has 1 aliphatic heterocycles. The molecular weight excluding hydrogens is 314 g/mol. The van der Waals surface area contributed by atoms with Crippen LogP contribution in [0.2, 0.25) is 0 Å². The van der Waals surface area contributed by atoms with Crippen LogP contribution < -0.4 is 5.73 Å². The minimum atomic E-state index is -0.0208. The fourth-order valence-corrected chi connectivity index (χ4v) is 3.34. The number of carbonyl (C=O) groups is 2. The van der Waals surface area contributed by atoms with E-state index in [4.69, 9.17) is 5.73 Å². The predicted octanol–water partition coefficient (Wildman–Crippen LogP) is 2.85. The number of nitrogen functional groups attached to an aromatic ring is 1. The molecule has 2 rings (SSSR count). The fraction of sp³-hybridized carbons (Fsp3) is 0.500. The summed E-state index contributed by atoms with van der Waals surface area (Å²) in [5.41, 5.74) is 8.05. The Morgan fingerprint density at radius 3 is 2.64 bits per heavy atom. The molecule has 0 aliphatic carbocycles. The Morgan fingerprint density at radius 1 is 1.36 bits per heavy atom. The average molecular weight is 343 g/mol. The first-order valence-electron chi connectivity index (χ1n) is 8.94. The van der Waals surface area contributed by atoms with Crippen molar-refractivity contribution in [3.8, 4) is 0 Å². The second-order valence-corrected chi connectivity index (χ2v) is 6.93. The summed E-state index contributed by atoms with van der Waals surface area (Å²) in [7, 11) is 0. The second-order valence-electron chi connectivity index (χ2n) is 6.93. The van der Waals surface area contributed by atoms with Gasteiger partial charge >= 0.3 is 0 Å². The van der Waals surface area contributed by atoms with Gasteiger partial charge in [-0.2, -0.15) is 0 Å². The summed E-state index contributed by atoms with van der Waals surface area (Å²) < 4.78 is 0. The summed E-state index contributed by atoms with van der Waals surface area (Å²) in [5.74, 6) is 0.343. The third-order valence-corrected chi connectivity index (χ3v) is 4.88. The van der Waals surface area contributed by atoms with Crippen molar-refractivity contribution in [3.63, 3.8) is 0 Å². The quantitative estimate of drug-likeness (QED) is 0.660. The van der Waals surface area contributed by atoms with Gasteiger partial charge in [-0.1, -0.05) is 13.0 Å². The molecular formula is C20H29N3O2. The Kier molecular flexibility index (Phi) is 6.23. The lowest BCUT2D eigenvalue weighted by Crippen LogP contribution is -2.55. The SMILES string of the molecule is C=CC(CC)CC(=O)N1CCN(C(=O)c2cc(C)cc(N)c2)C(C)C1. The number of piperazine rings is 1. The molecule has 2 N–H and O–H groups in total. The van der Waals surface area contributed by atoms with Crippen LogP contribution in [-0.2, 0) is 4.79 Å². The van der Waals surface area contributed by atoms with E-state index in [1.54, 1.807) is 6.07 Å². The molecule has 0 spiro atoms. The molecule has 2 atom stereocenters. The van der Waals surface area contributed by atoms with Gasteiger partial charge in [0.15, 0.2) is 0 Å². The van der Waals surface area contributed by atoms with Crippen LogP contribution in [-0.4, -0.2) is 47.3 Å². The molecule has 5 nitrogen and oxygen atoms in total. The number of anilines is 1. The summed E-state index contributed by atoms with van der Waals surface area (Å²) >= 11 is 0. The molecule has 5 heteroatoms. The third-order valence-electron chi connectivity index (χ3n) is 4.88.